The zero-order valence-corrected chi connectivity index (χ0v) is 25.3. The van der Waals surface area contributed by atoms with Crippen LogP contribution in [-0.2, 0) is 22.3 Å². The summed E-state index contributed by atoms with van der Waals surface area (Å²) in [5.74, 6) is -0.437. The monoisotopic (exact) mass is 565 g/mol. The van der Waals surface area contributed by atoms with E-state index in [1.807, 2.05) is 48.5 Å². The molecule has 1 fully saturated rings. The van der Waals surface area contributed by atoms with E-state index in [0.717, 1.165) is 23.1 Å². The molecule has 0 aromatic heterocycles. The van der Waals surface area contributed by atoms with Gasteiger partial charge in [-0.2, -0.15) is 0 Å². The van der Waals surface area contributed by atoms with E-state index in [1.165, 1.54) is 5.56 Å². The van der Waals surface area contributed by atoms with Gasteiger partial charge in [0, 0.05) is 28.5 Å². The Labute approximate surface area is 243 Å². The molecule has 0 spiro atoms. The third kappa shape index (κ3) is 6.69. The molecule has 1 amide bonds. The molecule has 1 heterocycles. The molecule has 0 saturated carbocycles. The van der Waals surface area contributed by atoms with Crippen molar-refractivity contribution in [3.63, 3.8) is 0 Å². The summed E-state index contributed by atoms with van der Waals surface area (Å²) in [5.41, 5.74) is 10.8. The van der Waals surface area contributed by atoms with Gasteiger partial charge in [0.15, 0.2) is 0 Å². The van der Waals surface area contributed by atoms with Crippen LogP contribution >= 0.6 is 23.2 Å². The number of benzene rings is 3. The summed E-state index contributed by atoms with van der Waals surface area (Å²) >= 11 is 12.7. The first-order chi connectivity index (χ1) is 18.2. The van der Waals surface area contributed by atoms with E-state index < -0.39 is 11.6 Å². The lowest BCUT2D eigenvalue weighted by atomic mass is 9.68. The first-order valence-electron chi connectivity index (χ1n) is 13.6. The van der Waals surface area contributed by atoms with Gasteiger partial charge in [0.2, 0.25) is 5.91 Å². The molecule has 0 aliphatic carbocycles. The van der Waals surface area contributed by atoms with Crippen LogP contribution in [0.25, 0.3) is 0 Å². The number of carbonyl (C=O) groups excluding carboxylic acids is 1. The van der Waals surface area contributed by atoms with E-state index in [-0.39, 0.29) is 28.7 Å². The molecule has 208 valence electrons. The van der Waals surface area contributed by atoms with Crippen molar-refractivity contribution in [3.8, 4) is 0 Å². The number of nitrogens with one attached hydrogen (secondary N) is 2. The number of amides is 1. The Bertz CT molecular complexity index is 1290. The summed E-state index contributed by atoms with van der Waals surface area (Å²) in [4.78, 5) is 13.9. The largest absolute Gasteiger partial charge is 0.351 e. The van der Waals surface area contributed by atoms with Crippen molar-refractivity contribution in [2.75, 3.05) is 0 Å². The molecule has 3 aromatic carbocycles. The zero-order valence-electron chi connectivity index (χ0n) is 23.8. The maximum absolute atomic E-state index is 13.9. The maximum atomic E-state index is 13.9. The fourth-order valence-corrected chi connectivity index (χ4v) is 6.04. The fourth-order valence-electron chi connectivity index (χ4n) is 5.72. The Hall–Kier alpha value is -2.37. The van der Waals surface area contributed by atoms with Crippen molar-refractivity contribution < 1.29 is 4.79 Å². The van der Waals surface area contributed by atoms with Crippen molar-refractivity contribution in [1.82, 2.24) is 10.6 Å². The molecule has 1 saturated heterocycles. The highest BCUT2D eigenvalue weighted by Gasteiger charge is 2.56. The van der Waals surface area contributed by atoms with Crippen LogP contribution in [0, 0.1) is 5.41 Å². The van der Waals surface area contributed by atoms with E-state index in [1.54, 1.807) is 0 Å². The molecule has 4 unspecified atom stereocenters. The zero-order chi connectivity index (χ0) is 28.6. The number of nitrogens with two attached hydrogens (primary N) is 1. The second-order valence-electron chi connectivity index (χ2n) is 13.1. The highest BCUT2D eigenvalue weighted by atomic mass is 35.5. The summed E-state index contributed by atoms with van der Waals surface area (Å²) in [5, 5.41) is 8.11. The molecule has 4 atom stereocenters. The highest BCUT2D eigenvalue weighted by Crippen LogP contribution is 2.48. The predicted octanol–water partition coefficient (Wildman–Crippen LogP) is 7.32. The SMILES string of the molecule is CC(C)(C)CC1NC(C(=O)NCc2ccc(C(C)(C)C)cc2)C(c2cccc(Cl)c2)C1(N)c1ccc(Cl)cc1. The second-order valence-corrected chi connectivity index (χ2v) is 14.0. The first kappa shape index (κ1) is 29.6. The summed E-state index contributed by atoms with van der Waals surface area (Å²) < 4.78 is 0. The molecule has 3 aromatic rings. The minimum absolute atomic E-state index is 0.0201. The van der Waals surface area contributed by atoms with Crippen molar-refractivity contribution in [3.05, 3.63) is 105 Å². The smallest absolute Gasteiger partial charge is 0.238 e. The quantitative estimate of drug-likeness (QED) is 0.293. The van der Waals surface area contributed by atoms with Crippen molar-refractivity contribution in [2.45, 2.75) is 83.5 Å². The molecule has 1 aliphatic heterocycles. The lowest BCUT2D eigenvalue weighted by Gasteiger charge is -2.39. The third-order valence-electron chi connectivity index (χ3n) is 7.74. The molecule has 4 nitrogen and oxygen atoms in total. The number of hydrogen-bond donors (Lipinski definition) is 3. The Morgan fingerprint density at radius 2 is 1.56 bits per heavy atom. The van der Waals surface area contributed by atoms with Gasteiger partial charge in [0.1, 0.15) is 0 Å². The Balaban J connectivity index is 1.71. The highest BCUT2D eigenvalue weighted by molar-refractivity contribution is 6.30. The molecule has 4 rings (SSSR count). The summed E-state index contributed by atoms with van der Waals surface area (Å²) in [6.07, 6.45) is 0.779. The van der Waals surface area contributed by atoms with E-state index in [2.05, 4.69) is 76.4 Å². The molecule has 6 heteroatoms. The summed E-state index contributed by atoms with van der Waals surface area (Å²) in [6.45, 7) is 13.6. The van der Waals surface area contributed by atoms with Crippen LogP contribution in [0.3, 0.4) is 0 Å². The van der Waals surface area contributed by atoms with E-state index in [4.69, 9.17) is 28.9 Å². The van der Waals surface area contributed by atoms with Gasteiger partial charge in [-0.25, -0.2) is 0 Å². The van der Waals surface area contributed by atoms with Gasteiger partial charge in [-0.15, -0.1) is 0 Å². The molecule has 39 heavy (non-hydrogen) atoms. The van der Waals surface area contributed by atoms with E-state index >= 15 is 0 Å². The van der Waals surface area contributed by atoms with Gasteiger partial charge >= 0.3 is 0 Å². The van der Waals surface area contributed by atoms with Crippen LogP contribution < -0.4 is 16.4 Å². The van der Waals surface area contributed by atoms with Crippen LogP contribution in [0.5, 0.6) is 0 Å². The van der Waals surface area contributed by atoms with E-state index in [9.17, 15) is 4.79 Å². The topological polar surface area (TPSA) is 67.2 Å². The number of carbonyl (C=O) groups is 1. The first-order valence-corrected chi connectivity index (χ1v) is 14.4. The molecule has 1 aliphatic rings. The van der Waals surface area contributed by atoms with Crippen molar-refractivity contribution in [1.29, 1.82) is 0 Å². The lowest BCUT2D eigenvalue weighted by Crippen LogP contribution is -2.51. The fraction of sp³-hybridized carbons (Fsp3) is 0.424. The Kier molecular flexibility index (Phi) is 8.54. The van der Waals surface area contributed by atoms with Gasteiger partial charge < -0.3 is 16.4 Å². The van der Waals surface area contributed by atoms with Crippen LogP contribution in [0.2, 0.25) is 10.0 Å². The number of halogens is 2. The van der Waals surface area contributed by atoms with Gasteiger partial charge in [-0.05, 0) is 63.8 Å². The van der Waals surface area contributed by atoms with Gasteiger partial charge in [0.25, 0.3) is 0 Å². The molecule has 4 N–H and O–H groups in total. The lowest BCUT2D eigenvalue weighted by molar-refractivity contribution is -0.123. The van der Waals surface area contributed by atoms with Gasteiger partial charge in [-0.1, -0.05) is 113 Å². The predicted molar refractivity (Wildman–Crippen MR) is 163 cm³/mol. The van der Waals surface area contributed by atoms with Crippen molar-refractivity contribution >= 4 is 29.1 Å². The summed E-state index contributed by atoms with van der Waals surface area (Å²) in [6, 6.07) is 23.1. The average Bonchev–Trinajstić information content (AvgIpc) is 3.14. The molecular formula is C33H41Cl2N3O. The maximum Gasteiger partial charge on any atom is 0.238 e. The van der Waals surface area contributed by atoms with Crippen molar-refractivity contribution in [2.24, 2.45) is 11.1 Å². The normalized spacial score (nSPS) is 23.6. The van der Waals surface area contributed by atoms with Gasteiger partial charge in [0.05, 0.1) is 11.6 Å². The molecule has 0 bridgehead atoms. The van der Waals surface area contributed by atoms with Crippen LogP contribution in [0.4, 0.5) is 0 Å². The minimum Gasteiger partial charge on any atom is -0.351 e. The second kappa shape index (κ2) is 11.2. The Morgan fingerprint density at radius 3 is 2.13 bits per heavy atom. The molecule has 0 radical (unpaired) electrons. The average molecular weight is 567 g/mol. The third-order valence-corrected chi connectivity index (χ3v) is 8.23. The number of rotatable bonds is 6. The number of hydrogen-bond acceptors (Lipinski definition) is 3. The molecular weight excluding hydrogens is 525 g/mol. The standard InChI is InChI=1S/C33H41Cl2N3O/c1-31(2,3)19-27-33(36,24-14-16-25(34)17-15-24)28(22-8-7-9-26(35)18-22)29(38-27)30(39)37-20-21-10-12-23(13-11-21)32(4,5)6/h7-18,27-29,38H,19-20,36H2,1-6H3,(H,37,39). The minimum atomic E-state index is -0.876. The summed E-state index contributed by atoms with van der Waals surface area (Å²) in [7, 11) is 0. The van der Waals surface area contributed by atoms with Crippen LogP contribution in [-0.4, -0.2) is 18.0 Å². The van der Waals surface area contributed by atoms with Crippen LogP contribution in [0.15, 0.2) is 72.8 Å². The van der Waals surface area contributed by atoms with Gasteiger partial charge in [-0.3, -0.25) is 4.79 Å². The van der Waals surface area contributed by atoms with E-state index in [0.29, 0.717) is 16.6 Å². The Morgan fingerprint density at radius 1 is 0.923 bits per heavy atom. The van der Waals surface area contributed by atoms with Crippen LogP contribution in [0.1, 0.15) is 76.1 Å².